The van der Waals surface area contributed by atoms with Gasteiger partial charge in [0.05, 0.1) is 22.3 Å². The first kappa shape index (κ1) is 20.1. The van der Waals surface area contributed by atoms with Gasteiger partial charge in [-0.25, -0.2) is 4.98 Å². The molecule has 2 aromatic heterocycles. The van der Waals surface area contributed by atoms with E-state index in [0.717, 1.165) is 17.2 Å². The molecular weight excluding hydrogens is 422 g/mol. The van der Waals surface area contributed by atoms with Crippen molar-refractivity contribution in [1.82, 2.24) is 14.7 Å². The molecule has 0 aliphatic heterocycles. The molecule has 0 aliphatic carbocycles. The lowest BCUT2D eigenvalue weighted by Gasteiger charge is -2.13. The van der Waals surface area contributed by atoms with Gasteiger partial charge in [0.2, 0.25) is 0 Å². The Morgan fingerprint density at radius 2 is 1.66 bits per heavy atom. The summed E-state index contributed by atoms with van der Waals surface area (Å²) in [5.41, 5.74) is 2.06. The third-order valence-corrected chi connectivity index (χ3v) is 5.82. The maximum absolute atomic E-state index is 13.4. The van der Waals surface area contributed by atoms with Crippen molar-refractivity contribution in [2.24, 2.45) is 0 Å². The molecule has 3 aromatic carbocycles. The number of aromatic nitrogens is 3. The Morgan fingerprint density at radius 3 is 2.41 bits per heavy atom. The van der Waals surface area contributed by atoms with Crippen LogP contribution in [-0.4, -0.2) is 14.7 Å². The molecule has 0 unspecified atom stereocenters. The van der Waals surface area contributed by atoms with Gasteiger partial charge in [0.1, 0.15) is 17.3 Å². The fraction of sp³-hybridized carbons (Fsp3) is 0.0800. The number of fused-ring (bicyclic) bond motifs is 1. The third-order valence-electron chi connectivity index (χ3n) is 4.84. The smallest absolute Gasteiger partial charge is 0.266 e. The number of rotatable bonds is 6. The predicted molar refractivity (Wildman–Crippen MR) is 125 cm³/mol. The van der Waals surface area contributed by atoms with Gasteiger partial charge in [-0.05, 0) is 55.5 Å². The fourth-order valence-corrected chi connectivity index (χ4v) is 4.24. The first-order valence-corrected chi connectivity index (χ1v) is 11.1. The summed E-state index contributed by atoms with van der Waals surface area (Å²) in [5, 5.41) is 5.20. The van der Waals surface area contributed by atoms with E-state index in [0.29, 0.717) is 33.2 Å². The molecule has 0 radical (unpaired) electrons. The highest BCUT2D eigenvalue weighted by Gasteiger charge is 2.14. The SMILES string of the molecule is Cc1cc(CSc2nc3ccccc3c(=O)n2-c2ccc(Oc3ccccc3)cc2)no1. The van der Waals surface area contributed by atoms with Crippen molar-refractivity contribution >= 4 is 22.7 Å². The molecule has 32 heavy (non-hydrogen) atoms. The largest absolute Gasteiger partial charge is 0.457 e. The van der Waals surface area contributed by atoms with E-state index >= 15 is 0 Å². The molecule has 0 spiro atoms. The standard InChI is InChI=1S/C25H19N3O3S/c1-17-15-18(27-31-17)16-32-25-26-23-10-6-5-9-22(23)24(29)28(25)19-11-13-21(14-12-19)30-20-7-3-2-4-8-20/h2-15H,16H2,1H3. The second-order valence-electron chi connectivity index (χ2n) is 7.18. The molecule has 2 heterocycles. The van der Waals surface area contributed by atoms with E-state index in [4.69, 9.17) is 14.2 Å². The van der Waals surface area contributed by atoms with Crippen LogP contribution in [0.5, 0.6) is 11.5 Å². The van der Waals surface area contributed by atoms with Crippen LogP contribution < -0.4 is 10.3 Å². The Hall–Kier alpha value is -3.84. The molecule has 5 aromatic rings. The summed E-state index contributed by atoms with van der Waals surface area (Å²) in [6, 6.07) is 26.2. The van der Waals surface area contributed by atoms with Gasteiger partial charge in [-0.15, -0.1) is 0 Å². The Bertz CT molecular complexity index is 1430. The van der Waals surface area contributed by atoms with E-state index in [-0.39, 0.29) is 5.56 Å². The molecule has 0 atom stereocenters. The minimum absolute atomic E-state index is 0.119. The average molecular weight is 442 g/mol. The van der Waals surface area contributed by atoms with E-state index in [1.165, 1.54) is 11.8 Å². The molecule has 7 heteroatoms. The number of hydrogen-bond donors (Lipinski definition) is 0. The second kappa shape index (κ2) is 8.72. The number of aryl methyl sites for hydroxylation is 1. The minimum Gasteiger partial charge on any atom is -0.457 e. The van der Waals surface area contributed by atoms with Gasteiger partial charge in [-0.2, -0.15) is 0 Å². The van der Waals surface area contributed by atoms with E-state index < -0.39 is 0 Å². The van der Waals surface area contributed by atoms with Crippen molar-refractivity contribution in [2.45, 2.75) is 17.8 Å². The van der Waals surface area contributed by atoms with Gasteiger partial charge in [0.25, 0.3) is 5.56 Å². The lowest BCUT2D eigenvalue weighted by atomic mass is 10.2. The normalized spacial score (nSPS) is 11.0. The number of hydrogen-bond acceptors (Lipinski definition) is 6. The van der Waals surface area contributed by atoms with Gasteiger partial charge in [0, 0.05) is 11.8 Å². The van der Waals surface area contributed by atoms with Gasteiger partial charge < -0.3 is 9.26 Å². The highest BCUT2D eigenvalue weighted by molar-refractivity contribution is 7.98. The summed E-state index contributed by atoms with van der Waals surface area (Å²) in [6.45, 7) is 1.85. The first-order chi connectivity index (χ1) is 15.7. The van der Waals surface area contributed by atoms with Gasteiger partial charge >= 0.3 is 0 Å². The molecule has 0 bridgehead atoms. The topological polar surface area (TPSA) is 70.2 Å². The van der Waals surface area contributed by atoms with Crippen molar-refractivity contribution in [1.29, 1.82) is 0 Å². The molecule has 0 amide bonds. The Morgan fingerprint density at radius 1 is 0.938 bits per heavy atom. The summed E-state index contributed by atoms with van der Waals surface area (Å²) in [6.07, 6.45) is 0. The first-order valence-electron chi connectivity index (χ1n) is 10.1. The summed E-state index contributed by atoms with van der Waals surface area (Å²) in [4.78, 5) is 18.1. The number of thioether (sulfide) groups is 1. The van der Waals surface area contributed by atoms with Crippen LogP contribution in [0.3, 0.4) is 0 Å². The Kier molecular flexibility index (Phi) is 5.47. The lowest BCUT2D eigenvalue weighted by Crippen LogP contribution is -2.21. The van der Waals surface area contributed by atoms with E-state index in [9.17, 15) is 4.79 Å². The monoisotopic (exact) mass is 441 g/mol. The molecule has 0 N–H and O–H groups in total. The predicted octanol–water partition coefficient (Wildman–Crippen LogP) is 5.77. The van der Waals surface area contributed by atoms with Crippen LogP contribution in [0.4, 0.5) is 0 Å². The van der Waals surface area contributed by atoms with Gasteiger partial charge in [-0.1, -0.05) is 47.3 Å². The molecule has 0 aliphatic rings. The number of ether oxygens (including phenoxy) is 1. The van der Waals surface area contributed by atoms with Crippen LogP contribution >= 0.6 is 11.8 Å². The molecule has 0 saturated heterocycles. The van der Waals surface area contributed by atoms with Crippen LogP contribution in [0.25, 0.3) is 16.6 Å². The zero-order chi connectivity index (χ0) is 21.9. The molecule has 0 saturated carbocycles. The Balaban J connectivity index is 1.52. The molecule has 6 nitrogen and oxygen atoms in total. The highest BCUT2D eigenvalue weighted by atomic mass is 32.2. The van der Waals surface area contributed by atoms with Crippen LogP contribution in [0.2, 0.25) is 0 Å². The van der Waals surface area contributed by atoms with Crippen molar-refractivity contribution in [3.05, 3.63) is 107 Å². The van der Waals surface area contributed by atoms with E-state index in [1.54, 1.807) is 10.6 Å². The van der Waals surface area contributed by atoms with Crippen LogP contribution in [0.1, 0.15) is 11.5 Å². The van der Waals surface area contributed by atoms with Crippen molar-refractivity contribution in [3.8, 4) is 17.2 Å². The van der Waals surface area contributed by atoms with Gasteiger partial charge in [-0.3, -0.25) is 9.36 Å². The number of para-hydroxylation sites is 2. The summed E-state index contributed by atoms with van der Waals surface area (Å²) in [5.74, 6) is 2.73. The summed E-state index contributed by atoms with van der Waals surface area (Å²) < 4.78 is 12.7. The average Bonchev–Trinajstić information content (AvgIpc) is 3.24. The fourth-order valence-electron chi connectivity index (χ4n) is 3.35. The summed E-state index contributed by atoms with van der Waals surface area (Å²) in [7, 11) is 0. The highest BCUT2D eigenvalue weighted by Crippen LogP contribution is 2.27. The molecular formula is C25H19N3O3S. The van der Waals surface area contributed by atoms with Crippen LogP contribution in [0, 0.1) is 6.92 Å². The van der Waals surface area contributed by atoms with Crippen molar-refractivity contribution in [3.63, 3.8) is 0 Å². The third kappa shape index (κ3) is 4.15. The second-order valence-corrected chi connectivity index (χ2v) is 8.12. The van der Waals surface area contributed by atoms with Crippen molar-refractivity contribution < 1.29 is 9.26 Å². The summed E-state index contributed by atoms with van der Waals surface area (Å²) >= 11 is 1.44. The molecule has 0 fully saturated rings. The quantitative estimate of drug-likeness (QED) is 0.246. The van der Waals surface area contributed by atoms with Gasteiger partial charge in [0.15, 0.2) is 5.16 Å². The van der Waals surface area contributed by atoms with E-state index in [2.05, 4.69) is 5.16 Å². The van der Waals surface area contributed by atoms with E-state index in [1.807, 2.05) is 85.8 Å². The maximum Gasteiger partial charge on any atom is 0.266 e. The maximum atomic E-state index is 13.4. The van der Waals surface area contributed by atoms with Crippen LogP contribution in [-0.2, 0) is 5.75 Å². The Labute approximate surface area is 188 Å². The number of benzene rings is 3. The molecule has 5 rings (SSSR count). The minimum atomic E-state index is -0.119. The van der Waals surface area contributed by atoms with Crippen molar-refractivity contribution in [2.75, 3.05) is 0 Å². The molecule has 158 valence electrons. The zero-order valence-corrected chi connectivity index (χ0v) is 18.1. The van der Waals surface area contributed by atoms with Crippen LogP contribution in [0.15, 0.2) is 99.4 Å². The number of nitrogens with zero attached hydrogens (tertiary/aromatic N) is 3. The zero-order valence-electron chi connectivity index (χ0n) is 17.3. The lowest BCUT2D eigenvalue weighted by molar-refractivity contribution is 0.393.